The summed E-state index contributed by atoms with van der Waals surface area (Å²) >= 11 is 0. The van der Waals surface area contributed by atoms with Crippen molar-refractivity contribution in [3.8, 4) is 0 Å². The quantitative estimate of drug-likeness (QED) is 0.307. The van der Waals surface area contributed by atoms with E-state index >= 15 is 0 Å². The topological polar surface area (TPSA) is 40.0 Å². The van der Waals surface area contributed by atoms with Crippen molar-refractivity contribution in [1.29, 1.82) is 0 Å². The first kappa shape index (κ1) is 17.6. The second-order valence-corrected chi connectivity index (χ2v) is 5.61. The number of aliphatic imine (C=N–C) groups is 1. The Morgan fingerprint density at radius 2 is 1.33 bits per heavy atom. The summed E-state index contributed by atoms with van der Waals surface area (Å²) in [6.45, 7) is 2.49. The fourth-order valence-electron chi connectivity index (χ4n) is 1.11. The molecule has 10 heteroatoms. The third-order valence-electron chi connectivity index (χ3n) is 1.56. The average molecular weight is 299 g/mol. The zero-order valence-electron chi connectivity index (χ0n) is 10.1. The molecule has 0 bridgehead atoms. The van der Waals surface area contributed by atoms with E-state index in [1.54, 1.807) is 4.99 Å². The summed E-state index contributed by atoms with van der Waals surface area (Å²) in [6, 6.07) is 0. The molecule has 4 nitrogen and oxygen atoms in total. The van der Waals surface area contributed by atoms with Gasteiger partial charge in [-0.25, -0.2) is 0 Å². The van der Waals surface area contributed by atoms with Gasteiger partial charge in [0.2, 0.25) is 0 Å². The normalized spacial score (nSPS) is 16.4. The first-order valence-corrected chi connectivity index (χ1v) is 7.01. The molecule has 110 valence electrons. The van der Waals surface area contributed by atoms with E-state index in [0.717, 1.165) is 0 Å². The summed E-state index contributed by atoms with van der Waals surface area (Å²) in [4.78, 5) is 1.67. The van der Waals surface area contributed by atoms with Crippen LogP contribution in [0.3, 0.4) is 0 Å². The average Bonchev–Trinajstić information content (AvgIpc) is 2.16. The van der Waals surface area contributed by atoms with E-state index in [-0.39, 0.29) is 0 Å². The Balaban J connectivity index is 5.62. The van der Waals surface area contributed by atoms with Crippen molar-refractivity contribution in [2.75, 3.05) is 19.8 Å². The number of alkyl halides is 3. The molecule has 0 fully saturated rings. The van der Waals surface area contributed by atoms with Crippen molar-refractivity contribution >= 4 is 13.3 Å². The van der Waals surface area contributed by atoms with E-state index in [0.29, 0.717) is 0 Å². The van der Waals surface area contributed by atoms with Crippen LogP contribution in [0.4, 0.5) is 21.8 Å². The van der Waals surface area contributed by atoms with Gasteiger partial charge in [0.05, 0.1) is 0 Å². The van der Waals surface area contributed by atoms with Gasteiger partial charge in [0.15, 0.2) is 0 Å². The van der Waals surface area contributed by atoms with E-state index in [2.05, 4.69) is 13.6 Å². The first-order valence-electron chi connectivity index (χ1n) is 5.13. The van der Waals surface area contributed by atoms with Crippen LogP contribution in [-0.2, 0) is 13.6 Å². The van der Waals surface area contributed by atoms with Gasteiger partial charge in [-0.1, -0.05) is 0 Å². The number of hydrogen-bond donors (Lipinski definition) is 0. The minimum atomic E-state index is -6.13. The van der Waals surface area contributed by atoms with Gasteiger partial charge < -0.3 is 0 Å². The predicted octanol–water partition coefficient (Wildman–Crippen LogP) is 4.12. The maximum atomic E-state index is 14.6. The Kier molecular flexibility index (Phi) is 6.06. The van der Waals surface area contributed by atoms with Crippen molar-refractivity contribution < 1.29 is 35.3 Å². The molecular formula is C8H15F5NO3P. The van der Waals surface area contributed by atoms with Gasteiger partial charge in [0.25, 0.3) is 0 Å². The summed E-state index contributed by atoms with van der Waals surface area (Å²) in [5, 5.41) is 0. The van der Waals surface area contributed by atoms with Crippen molar-refractivity contribution in [3.05, 3.63) is 0 Å². The van der Waals surface area contributed by atoms with Crippen LogP contribution < -0.4 is 0 Å². The third kappa shape index (κ3) is 4.38. The van der Waals surface area contributed by atoms with Crippen LogP contribution in [0.15, 0.2) is 4.99 Å². The molecule has 18 heavy (non-hydrogen) atoms. The Hall–Kier alpha value is -0.370. The molecular weight excluding hydrogens is 284 g/mol. The molecule has 0 heterocycles. The molecule has 0 saturated carbocycles. The fraction of sp³-hybridized carbons (Fsp3) is 0.875. The number of nitrogens with zero attached hydrogens (tertiary/aromatic N) is 1. The SMILES string of the molecule is CCOP(F)(OCC)(OCC)C(F)=NC(F)(F)F. The van der Waals surface area contributed by atoms with Crippen molar-refractivity contribution in [1.82, 2.24) is 0 Å². The Morgan fingerprint density at radius 3 is 1.56 bits per heavy atom. The van der Waals surface area contributed by atoms with Gasteiger partial charge in [-0.15, -0.1) is 0 Å². The van der Waals surface area contributed by atoms with Gasteiger partial charge in [0, 0.05) is 0 Å². The van der Waals surface area contributed by atoms with Crippen LogP contribution in [0, 0.1) is 0 Å². The molecule has 0 aliphatic rings. The molecule has 0 atom stereocenters. The molecule has 0 aromatic carbocycles. The summed E-state index contributed by atoms with van der Waals surface area (Å²) < 4.78 is 77.3. The van der Waals surface area contributed by atoms with E-state index in [4.69, 9.17) is 0 Å². The molecule has 0 aromatic rings. The third-order valence-corrected chi connectivity index (χ3v) is 4.34. The van der Waals surface area contributed by atoms with Crippen LogP contribution in [0.2, 0.25) is 0 Å². The second-order valence-electron chi connectivity index (χ2n) is 2.89. The second kappa shape index (κ2) is 6.18. The predicted molar refractivity (Wildman–Crippen MR) is 57.5 cm³/mol. The van der Waals surface area contributed by atoms with Crippen LogP contribution in [0.25, 0.3) is 0 Å². The van der Waals surface area contributed by atoms with Crippen LogP contribution >= 0.6 is 7.59 Å². The molecule has 0 N–H and O–H groups in total. The monoisotopic (exact) mass is 299 g/mol. The van der Waals surface area contributed by atoms with Crippen LogP contribution in [0.5, 0.6) is 0 Å². The summed E-state index contributed by atoms with van der Waals surface area (Å²) in [5.74, 6) is 0. The van der Waals surface area contributed by atoms with Gasteiger partial charge in [-0.05, 0) is 0 Å². The Morgan fingerprint density at radius 1 is 1.00 bits per heavy atom. The van der Waals surface area contributed by atoms with Crippen LogP contribution in [0.1, 0.15) is 20.8 Å². The van der Waals surface area contributed by atoms with Gasteiger partial charge in [0.1, 0.15) is 0 Å². The van der Waals surface area contributed by atoms with Crippen molar-refractivity contribution in [2.24, 2.45) is 4.99 Å². The first-order chi connectivity index (χ1) is 8.11. The molecule has 0 radical (unpaired) electrons. The Labute approximate surface area is 101 Å². The van der Waals surface area contributed by atoms with Gasteiger partial charge >= 0.3 is 101 Å². The Bertz CT molecular complexity index is 290. The van der Waals surface area contributed by atoms with E-state index < -0.39 is 39.4 Å². The maximum absolute atomic E-state index is 14.6. The molecule has 0 spiro atoms. The summed E-state index contributed by atoms with van der Waals surface area (Å²) in [7, 11) is -6.13. The number of halogens is 5. The van der Waals surface area contributed by atoms with Crippen molar-refractivity contribution in [2.45, 2.75) is 27.1 Å². The summed E-state index contributed by atoms with van der Waals surface area (Å²) in [6.07, 6.45) is -5.29. The summed E-state index contributed by atoms with van der Waals surface area (Å²) in [5.41, 5.74) is -2.46. The number of hydrogen-bond acceptors (Lipinski definition) is 4. The zero-order valence-corrected chi connectivity index (χ0v) is 11.0. The van der Waals surface area contributed by atoms with E-state index in [1.165, 1.54) is 20.8 Å². The molecule has 0 unspecified atom stereocenters. The standard InChI is InChI=1S/C8H15F5NO3P/c1-4-15-18(13,16-5-2,17-6-3)7(9)14-8(10,11)12/h4-6H2,1-3H3. The van der Waals surface area contributed by atoms with Gasteiger partial charge in [-0.3, -0.25) is 0 Å². The van der Waals surface area contributed by atoms with Gasteiger partial charge in [-0.2, -0.15) is 0 Å². The zero-order chi connectivity index (χ0) is 14.5. The molecule has 0 aromatic heterocycles. The molecule has 0 aliphatic carbocycles. The minimum absolute atomic E-state index is 0.435. The van der Waals surface area contributed by atoms with E-state index in [9.17, 15) is 21.8 Å². The molecule has 0 rings (SSSR count). The molecule has 0 saturated heterocycles. The molecule has 0 aliphatic heterocycles. The van der Waals surface area contributed by atoms with E-state index in [1.807, 2.05) is 0 Å². The fourth-order valence-corrected chi connectivity index (χ4v) is 3.24. The number of rotatable bonds is 7. The molecule has 0 amide bonds. The van der Waals surface area contributed by atoms with Crippen molar-refractivity contribution in [3.63, 3.8) is 0 Å². The van der Waals surface area contributed by atoms with Crippen LogP contribution in [-0.4, -0.2) is 31.8 Å².